The Kier molecular flexibility index (Phi) is 7.57. The number of carbonyl (C=O) groups excluding carboxylic acids is 1. The predicted octanol–water partition coefficient (Wildman–Crippen LogP) is 5.95. The maximum atomic E-state index is 15.1. The second-order valence-corrected chi connectivity index (χ2v) is 9.57. The zero-order valence-electron chi connectivity index (χ0n) is 21.2. The Balaban J connectivity index is 1.34. The van der Waals surface area contributed by atoms with Gasteiger partial charge in [-0.1, -0.05) is 6.07 Å². The number of hydrogen-bond donors (Lipinski definition) is 3. The van der Waals surface area contributed by atoms with Crippen molar-refractivity contribution in [3.63, 3.8) is 0 Å². The van der Waals surface area contributed by atoms with E-state index in [4.69, 9.17) is 5.73 Å². The highest BCUT2D eigenvalue weighted by Crippen LogP contribution is 2.34. The first-order chi connectivity index (χ1) is 19.1. The molecule has 8 nitrogen and oxygen atoms in total. The molecule has 2 aromatic heterocycles. The van der Waals surface area contributed by atoms with E-state index in [9.17, 15) is 22.4 Å². The standard InChI is InChI=1S/C27H26F5N7O/c28-20-7-6-17(27(30,31)32)13-23(20)37-26(40)36-22-8-5-16(12-21(22)29)19-14-18(4-3-11-38-9-1-2-10-38)39-24(19)25(33)34-15-35-39/h5-8,12-15H,1-4,9-11H2,(H2,33,34,35)(H2,36,37,40). The molecule has 0 atom stereocenters. The van der Waals surface area contributed by atoms with Crippen molar-refractivity contribution in [1.29, 1.82) is 0 Å². The van der Waals surface area contributed by atoms with Gasteiger partial charge in [0.05, 0.1) is 16.9 Å². The fraction of sp³-hybridized carbons (Fsp3) is 0.296. The van der Waals surface area contributed by atoms with Crippen molar-refractivity contribution < 1.29 is 26.7 Å². The third-order valence-electron chi connectivity index (χ3n) is 6.83. The minimum Gasteiger partial charge on any atom is -0.382 e. The summed E-state index contributed by atoms with van der Waals surface area (Å²) in [7, 11) is 0. The first kappa shape index (κ1) is 27.3. The monoisotopic (exact) mass is 559 g/mol. The number of nitrogens with one attached hydrogen (secondary N) is 2. The molecule has 2 amide bonds. The number of likely N-dealkylation sites (tertiary alicyclic amines) is 1. The maximum absolute atomic E-state index is 15.1. The summed E-state index contributed by atoms with van der Waals surface area (Å²) in [5, 5.41) is 8.52. The van der Waals surface area contributed by atoms with E-state index in [1.807, 2.05) is 11.4 Å². The van der Waals surface area contributed by atoms with Crippen LogP contribution in [0.1, 0.15) is 30.5 Å². The molecule has 1 saturated heterocycles. The van der Waals surface area contributed by atoms with E-state index < -0.39 is 35.1 Å². The number of nitrogens with two attached hydrogens (primary N) is 1. The lowest BCUT2D eigenvalue weighted by Crippen LogP contribution is -2.21. The van der Waals surface area contributed by atoms with E-state index >= 15 is 4.39 Å². The highest BCUT2D eigenvalue weighted by molar-refractivity contribution is 6.00. The number of carbonyl (C=O) groups is 1. The first-order valence-electron chi connectivity index (χ1n) is 12.7. The first-order valence-corrected chi connectivity index (χ1v) is 12.7. The van der Waals surface area contributed by atoms with Crippen molar-refractivity contribution >= 4 is 28.7 Å². The third kappa shape index (κ3) is 5.83. The quantitative estimate of drug-likeness (QED) is 0.243. The average molecular weight is 560 g/mol. The molecule has 1 aliphatic heterocycles. The summed E-state index contributed by atoms with van der Waals surface area (Å²) in [5.74, 6) is -1.67. The van der Waals surface area contributed by atoms with Gasteiger partial charge in [0.2, 0.25) is 0 Å². The number of benzene rings is 2. The van der Waals surface area contributed by atoms with Crippen molar-refractivity contribution in [3.05, 3.63) is 71.7 Å². The third-order valence-corrected chi connectivity index (χ3v) is 6.83. The lowest BCUT2D eigenvalue weighted by Gasteiger charge is -2.13. The molecule has 5 rings (SSSR count). The van der Waals surface area contributed by atoms with Crippen molar-refractivity contribution in [2.75, 3.05) is 36.0 Å². The summed E-state index contributed by atoms with van der Waals surface area (Å²) >= 11 is 0. The molecule has 40 heavy (non-hydrogen) atoms. The second kappa shape index (κ2) is 11.1. The van der Waals surface area contributed by atoms with Gasteiger partial charge in [-0.05, 0) is 87.3 Å². The summed E-state index contributed by atoms with van der Waals surface area (Å²) in [4.78, 5) is 18.8. The van der Waals surface area contributed by atoms with Crippen LogP contribution in [-0.4, -0.2) is 45.2 Å². The molecule has 1 aliphatic rings. The van der Waals surface area contributed by atoms with E-state index in [-0.39, 0.29) is 11.5 Å². The molecule has 2 aromatic carbocycles. The number of urea groups is 1. The lowest BCUT2D eigenvalue weighted by molar-refractivity contribution is -0.137. The molecule has 0 unspecified atom stereocenters. The minimum atomic E-state index is -4.73. The van der Waals surface area contributed by atoms with Crippen molar-refractivity contribution in [1.82, 2.24) is 19.5 Å². The van der Waals surface area contributed by atoms with E-state index in [0.29, 0.717) is 34.8 Å². The van der Waals surface area contributed by atoms with Gasteiger partial charge >= 0.3 is 12.2 Å². The normalized spacial score (nSPS) is 14.1. The summed E-state index contributed by atoms with van der Waals surface area (Å²) in [5.41, 5.74) is 6.54. The average Bonchev–Trinajstić information content (AvgIpc) is 3.55. The maximum Gasteiger partial charge on any atom is 0.416 e. The summed E-state index contributed by atoms with van der Waals surface area (Å²) in [6.45, 7) is 3.16. The van der Waals surface area contributed by atoms with Crippen LogP contribution in [0.4, 0.5) is 43.9 Å². The summed E-state index contributed by atoms with van der Waals surface area (Å²) in [6, 6.07) is 6.42. The number of rotatable bonds is 7. The number of aryl methyl sites for hydroxylation is 1. The number of nitrogens with zero attached hydrogens (tertiary/aromatic N) is 4. The van der Waals surface area contributed by atoms with Gasteiger partial charge in [-0.2, -0.15) is 18.3 Å². The van der Waals surface area contributed by atoms with Crippen LogP contribution in [0.5, 0.6) is 0 Å². The Hall–Kier alpha value is -4.26. The number of aromatic nitrogens is 3. The van der Waals surface area contributed by atoms with E-state index in [2.05, 4.69) is 20.3 Å². The summed E-state index contributed by atoms with van der Waals surface area (Å²) in [6.07, 6.45) is 0.685. The largest absolute Gasteiger partial charge is 0.416 e. The Labute approximate surface area is 226 Å². The number of alkyl halides is 3. The smallest absolute Gasteiger partial charge is 0.382 e. The number of hydrogen-bond acceptors (Lipinski definition) is 5. The number of amides is 2. The zero-order valence-corrected chi connectivity index (χ0v) is 21.2. The van der Waals surface area contributed by atoms with Crippen LogP contribution in [0.15, 0.2) is 48.8 Å². The molecule has 0 spiro atoms. The molecule has 4 N–H and O–H groups in total. The molecule has 13 heteroatoms. The zero-order chi connectivity index (χ0) is 28.4. The Bertz CT molecular complexity index is 1550. The Morgan fingerprint density at radius 1 is 0.975 bits per heavy atom. The van der Waals surface area contributed by atoms with Crippen LogP contribution in [-0.2, 0) is 12.6 Å². The number of fused-ring (bicyclic) bond motifs is 1. The van der Waals surface area contributed by atoms with E-state index in [1.165, 1.54) is 31.3 Å². The second-order valence-electron chi connectivity index (χ2n) is 9.57. The van der Waals surface area contributed by atoms with Crippen LogP contribution >= 0.6 is 0 Å². The molecule has 210 valence electrons. The molecule has 0 radical (unpaired) electrons. The molecule has 0 bridgehead atoms. The highest BCUT2D eigenvalue weighted by Gasteiger charge is 2.31. The van der Waals surface area contributed by atoms with Crippen LogP contribution in [0.25, 0.3) is 16.6 Å². The van der Waals surface area contributed by atoms with Gasteiger partial charge in [-0.15, -0.1) is 0 Å². The van der Waals surface area contributed by atoms with E-state index in [0.717, 1.165) is 38.2 Å². The molecule has 4 aromatic rings. The molecule has 3 heterocycles. The fourth-order valence-electron chi connectivity index (χ4n) is 4.88. The van der Waals surface area contributed by atoms with E-state index in [1.54, 1.807) is 10.6 Å². The molecular formula is C27H26F5N7O. The lowest BCUT2D eigenvalue weighted by atomic mass is 10.1. The van der Waals surface area contributed by atoms with Crippen molar-refractivity contribution in [2.45, 2.75) is 31.9 Å². The van der Waals surface area contributed by atoms with Gasteiger partial charge in [0.15, 0.2) is 5.82 Å². The molecule has 0 aliphatic carbocycles. The van der Waals surface area contributed by atoms with Crippen molar-refractivity contribution in [2.24, 2.45) is 0 Å². The highest BCUT2D eigenvalue weighted by atomic mass is 19.4. The minimum absolute atomic E-state index is 0.223. The van der Waals surface area contributed by atoms with Crippen LogP contribution in [0, 0.1) is 11.6 Å². The number of halogens is 5. The molecule has 0 saturated carbocycles. The van der Waals surface area contributed by atoms with Crippen LogP contribution in [0.3, 0.4) is 0 Å². The van der Waals surface area contributed by atoms with Gasteiger partial charge < -0.3 is 21.3 Å². The molecule has 1 fully saturated rings. The molecular weight excluding hydrogens is 533 g/mol. The topological polar surface area (TPSA) is 101 Å². The Morgan fingerprint density at radius 3 is 2.45 bits per heavy atom. The fourth-order valence-corrected chi connectivity index (χ4v) is 4.88. The number of nitrogen functional groups attached to an aromatic ring is 1. The SMILES string of the molecule is Nc1ncnn2c(CCCN3CCCC3)cc(-c3ccc(NC(=O)Nc4cc(C(F)(F)F)ccc4F)c(F)c3)c12. The Morgan fingerprint density at radius 2 is 1.73 bits per heavy atom. The van der Waals surface area contributed by atoms with Gasteiger partial charge in [0, 0.05) is 11.3 Å². The van der Waals surface area contributed by atoms with Gasteiger partial charge in [-0.3, -0.25) is 0 Å². The van der Waals surface area contributed by atoms with Gasteiger partial charge in [0.1, 0.15) is 23.5 Å². The summed E-state index contributed by atoms with van der Waals surface area (Å²) < 4.78 is 69.6. The number of anilines is 3. The van der Waals surface area contributed by atoms with Gasteiger partial charge in [0.25, 0.3) is 0 Å². The van der Waals surface area contributed by atoms with Crippen LogP contribution < -0.4 is 16.4 Å². The predicted molar refractivity (Wildman–Crippen MR) is 141 cm³/mol. The van der Waals surface area contributed by atoms with Crippen LogP contribution in [0.2, 0.25) is 0 Å². The van der Waals surface area contributed by atoms with Crippen molar-refractivity contribution in [3.8, 4) is 11.1 Å². The van der Waals surface area contributed by atoms with Gasteiger partial charge in [-0.25, -0.2) is 23.1 Å².